The molecular weight excluding hydrogens is 316 g/mol. The van der Waals surface area contributed by atoms with E-state index in [0.29, 0.717) is 12.5 Å². The van der Waals surface area contributed by atoms with E-state index in [0.717, 1.165) is 16.6 Å². The molecular formula is C16H19BrN2O. The average Bonchev–Trinajstić information content (AvgIpc) is 2.46. The largest absolute Gasteiger partial charge is 0.476 e. The number of benzene rings is 1. The van der Waals surface area contributed by atoms with Gasteiger partial charge in [0.1, 0.15) is 0 Å². The highest BCUT2D eigenvalue weighted by atomic mass is 79.9. The fourth-order valence-corrected chi connectivity index (χ4v) is 2.50. The number of hydrogen-bond acceptors (Lipinski definition) is 3. The number of hydrogen-bond donors (Lipinski definition) is 1. The van der Waals surface area contributed by atoms with Gasteiger partial charge in [-0.3, -0.25) is 0 Å². The third kappa shape index (κ3) is 3.73. The first-order valence-electron chi connectivity index (χ1n) is 6.84. The summed E-state index contributed by atoms with van der Waals surface area (Å²) in [5.74, 6) is 0.656. The molecule has 0 fully saturated rings. The first kappa shape index (κ1) is 14.9. The van der Waals surface area contributed by atoms with Crippen LogP contribution in [0.3, 0.4) is 0 Å². The lowest BCUT2D eigenvalue weighted by Gasteiger charge is -2.20. The van der Waals surface area contributed by atoms with Gasteiger partial charge in [-0.05, 0) is 43.2 Å². The minimum atomic E-state index is 0.232. The van der Waals surface area contributed by atoms with Crippen LogP contribution in [-0.2, 0) is 0 Å². The maximum atomic E-state index is 5.56. The number of aromatic nitrogens is 1. The third-order valence-electron chi connectivity index (χ3n) is 3.04. The molecule has 3 nitrogen and oxygen atoms in total. The van der Waals surface area contributed by atoms with Crippen LogP contribution >= 0.6 is 15.9 Å². The molecule has 1 atom stereocenters. The number of nitrogens with zero attached hydrogens (tertiary/aromatic N) is 1. The molecule has 2 rings (SSSR count). The lowest BCUT2D eigenvalue weighted by molar-refractivity contribution is 0.328. The zero-order chi connectivity index (χ0) is 14.4. The SMILES string of the molecule is CCOc1ncccc1NC(CC)c1cccc(Br)c1. The van der Waals surface area contributed by atoms with Gasteiger partial charge in [0.05, 0.1) is 18.3 Å². The van der Waals surface area contributed by atoms with E-state index in [1.54, 1.807) is 6.20 Å². The Labute approximate surface area is 128 Å². The summed E-state index contributed by atoms with van der Waals surface area (Å²) in [6, 6.07) is 12.5. The Balaban J connectivity index is 2.22. The van der Waals surface area contributed by atoms with Crippen LogP contribution in [-0.4, -0.2) is 11.6 Å². The Morgan fingerprint density at radius 2 is 2.10 bits per heavy atom. The molecule has 0 amide bonds. The van der Waals surface area contributed by atoms with Gasteiger partial charge < -0.3 is 10.1 Å². The Morgan fingerprint density at radius 3 is 2.80 bits per heavy atom. The summed E-state index contributed by atoms with van der Waals surface area (Å²) < 4.78 is 6.65. The number of halogens is 1. The maximum absolute atomic E-state index is 5.56. The van der Waals surface area contributed by atoms with Gasteiger partial charge in [-0.15, -0.1) is 0 Å². The van der Waals surface area contributed by atoms with E-state index >= 15 is 0 Å². The van der Waals surface area contributed by atoms with E-state index in [9.17, 15) is 0 Å². The van der Waals surface area contributed by atoms with Gasteiger partial charge in [-0.25, -0.2) is 4.98 Å². The number of rotatable bonds is 6. The molecule has 0 aliphatic rings. The van der Waals surface area contributed by atoms with Crippen LogP contribution in [0.1, 0.15) is 31.9 Å². The minimum absolute atomic E-state index is 0.232. The molecule has 1 heterocycles. The predicted octanol–water partition coefficient (Wildman–Crippen LogP) is 4.81. The van der Waals surface area contributed by atoms with Gasteiger partial charge in [0.15, 0.2) is 0 Å². The van der Waals surface area contributed by atoms with E-state index < -0.39 is 0 Å². The van der Waals surface area contributed by atoms with Crippen molar-refractivity contribution in [3.8, 4) is 5.88 Å². The molecule has 1 aromatic carbocycles. The number of anilines is 1. The highest BCUT2D eigenvalue weighted by molar-refractivity contribution is 9.10. The second-order valence-corrected chi connectivity index (χ2v) is 5.36. The molecule has 4 heteroatoms. The highest BCUT2D eigenvalue weighted by Crippen LogP contribution is 2.29. The molecule has 20 heavy (non-hydrogen) atoms. The van der Waals surface area contributed by atoms with Crippen molar-refractivity contribution in [3.05, 3.63) is 52.6 Å². The Hall–Kier alpha value is -1.55. The van der Waals surface area contributed by atoms with Crippen molar-refractivity contribution in [2.75, 3.05) is 11.9 Å². The second-order valence-electron chi connectivity index (χ2n) is 4.45. The molecule has 0 saturated carbocycles. The summed E-state index contributed by atoms with van der Waals surface area (Å²) in [4.78, 5) is 4.27. The molecule has 0 radical (unpaired) electrons. The highest BCUT2D eigenvalue weighted by Gasteiger charge is 2.12. The molecule has 0 aliphatic carbocycles. The quantitative estimate of drug-likeness (QED) is 0.823. The molecule has 106 valence electrons. The molecule has 1 unspecified atom stereocenters. The topological polar surface area (TPSA) is 34.1 Å². The molecule has 0 saturated heterocycles. The van der Waals surface area contributed by atoms with E-state index in [1.165, 1.54) is 5.56 Å². The smallest absolute Gasteiger partial charge is 0.237 e. The van der Waals surface area contributed by atoms with Gasteiger partial charge in [0.2, 0.25) is 5.88 Å². The van der Waals surface area contributed by atoms with E-state index in [-0.39, 0.29) is 6.04 Å². The molecule has 1 N–H and O–H groups in total. The van der Waals surface area contributed by atoms with Crippen LogP contribution in [0.4, 0.5) is 5.69 Å². The van der Waals surface area contributed by atoms with E-state index in [2.05, 4.69) is 51.4 Å². The van der Waals surface area contributed by atoms with Crippen LogP contribution in [0.5, 0.6) is 5.88 Å². The number of ether oxygens (including phenoxy) is 1. The summed E-state index contributed by atoms with van der Waals surface area (Å²) in [6.07, 6.45) is 2.73. The van der Waals surface area contributed by atoms with Crippen molar-refractivity contribution < 1.29 is 4.74 Å². The fraction of sp³-hybridized carbons (Fsp3) is 0.312. The van der Waals surface area contributed by atoms with Crippen molar-refractivity contribution in [3.63, 3.8) is 0 Å². The lowest BCUT2D eigenvalue weighted by Crippen LogP contribution is -2.11. The summed E-state index contributed by atoms with van der Waals surface area (Å²) in [5, 5.41) is 3.52. The van der Waals surface area contributed by atoms with Crippen molar-refractivity contribution in [2.45, 2.75) is 26.3 Å². The number of nitrogens with one attached hydrogen (secondary N) is 1. The Morgan fingerprint density at radius 1 is 1.25 bits per heavy atom. The fourth-order valence-electron chi connectivity index (χ4n) is 2.08. The number of pyridine rings is 1. The average molecular weight is 335 g/mol. The van der Waals surface area contributed by atoms with Gasteiger partial charge in [0, 0.05) is 10.7 Å². The zero-order valence-electron chi connectivity index (χ0n) is 11.8. The van der Waals surface area contributed by atoms with Crippen LogP contribution < -0.4 is 10.1 Å². The van der Waals surface area contributed by atoms with E-state index in [1.807, 2.05) is 25.1 Å². The van der Waals surface area contributed by atoms with Crippen molar-refractivity contribution in [1.29, 1.82) is 0 Å². The standard InChI is InChI=1S/C16H19BrN2O/c1-3-14(12-7-5-8-13(17)11-12)19-15-9-6-10-18-16(15)20-4-2/h5-11,14,19H,3-4H2,1-2H3. The van der Waals surface area contributed by atoms with Gasteiger partial charge >= 0.3 is 0 Å². The summed E-state index contributed by atoms with van der Waals surface area (Å²) in [5.41, 5.74) is 2.18. The van der Waals surface area contributed by atoms with Gasteiger partial charge in [-0.2, -0.15) is 0 Å². The van der Waals surface area contributed by atoms with Gasteiger partial charge in [0.25, 0.3) is 0 Å². The van der Waals surface area contributed by atoms with Crippen LogP contribution in [0.2, 0.25) is 0 Å². The minimum Gasteiger partial charge on any atom is -0.476 e. The van der Waals surface area contributed by atoms with Crippen LogP contribution in [0.15, 0.2) is 47.1 Å². The van der Waals surface area contributed by atoms with Crippen molar-refractivity contribution in [1.82, 2.24) is 4.98 Å². The zero-order valence-corrected chi connectivity index (χ0v) is 13.4. The predicted molar refractivity (Wildman–Crippen MR) is 86.2 cm³/mol. The monoisotopic (exact) mass is 334 g/mol. The summed E-state index contributed by atoms with van der Waals surface area (Å²) >= 11 is 3.52. The first-order valence-corrected chi connectivity index (χ1v) is 7.63. The van der Waals surface area contributed by atoms with Crippen LogP contribution in [0.25, 0.3) is 0 Å². The molecule has 0 spiro atoms. The molecule has 0 bridgehead atoms. The Kier molecular flexibility index (Phi) is 5.41. The maximum Gasteiger partial charge on any atom is 0.237 e. The molecule has 0 aliphatic heterocycles. The summed E-state index contributed by atoms with van der Waals surface area (Å²) in [6.45, 7) is 4.73. The lowest BCUT2D eigenvalue weighted by atomic mass is 10.0. The summed E-state index contributed by atoms with van der Waals surface area (Å²) in [7, 11) is 0. The molecule has 1 aromatic heterocycles. The first-order chi connectivity index (χ1) is 9.74. The molecule has 2 aromatic rings. The van der Waals surface area contributed by atoms with Crippen LogP contribution in [0, 0.1) is 0 Å². The normalized spacial score (nSPS) is 11.9. The van der Waals surface area contributed by atoms with Crippen molar-refractivity contribution in [2.24, 2.45) is 0 Å². The third-order valence-corrected chi connectivity index (χ3v) is 3.53. The van der Waals surface area contributed by atoms with E-state index in [4.69, 9.17) is 4.74 Å². The Bertz CT molecular complexity index is 560. The van der Waals surface area contributed by atoms with Gasteiger partial charge in [-0.1, -0.05) is 35.0 Å². The second kappa shape index (κ2) is 7.29. The van der Waals surface area contributed by atoms with Crippen molar-refractivity contribution >= 4 is 21.6 Å².